The first-order chi connectivity index (χ1) is 14.4. The standard InChI is InChI=1S/C23H22N2O4S/c1-2-24-22(26)18-11-13-20(14-12-18)25-23(27)19-8-6-7-17(15-19)16-30(28,29)21-9-4-3-5-10-21/h3-15H,2,16H2,1H3,(H,24,26)(H,25,27). The molecule has 3 aromatic carbocycles. The van der Waals surface area contributed by atoms with Gasteiger partial charge < -0.3 is 10.6 Å². The summed E-state index contributed by atoms with van der Waals surface area (Å²) in [5.41, 5.74) is 1.92. The van der Waals surface area contributed by atoms with E-state index in [1.807, 2.05) is 6.92 Å². The fourth-order valence-electron chi connectivity index (χ4n) is 2.90. The first-order valence-corrected chi connectivity index (χ1v) is 11.1. The Hall–Kier alpha value is -3.45. The molecule has 3 aromatic rings. The van der Waals surface area contributed by atoms with Crippen molar-refractivity contribution in [2.75, 3.05) is 11.9 Å². The summed E-state index contributed by atoms with van der Waals surface area (Å²) in [7, 11) is -3.50. The van der Waals surface area contributed by atoms with Crippen LogP contribution >= 0.6 is 0 Å². The Balaban J connectivity index is 1.71. The van der Waals surface area contributed by atoms with Gasteiger partial charge in [-0.3, -0.25) is 9.59 Å². The monoisotopic (exact) mass is 422 g/mol. The third-order valence-electron chi connectivity index (χ3n) is 4.39. The SMILES string of the molecule is CCNC(=O)c1ccc(NC(=O)c2cccc(CS(=O)(=O)c3ccccc3)c2)cc1. The Labute approximate surface area is 175 Å². The van der Waals surface area contributed by atoms with Crippen LogP contribution in [-0.4, -0.2) is 26.8 Å². The highest BCUT2D eigenvalue weighted by atomic mass is 32.2. The smallest absolute Gasteiger partial charge is 0.255 e. The Bertz CT molecular complexity index is 1140. The van der Waals surface area contributed by atoms with Gasteiger partial charge in [-0.15, -0.1) is 0 Å². The molecule has 0 spiro atoms. The maximum atomic E-state index is 12.6. The molecular formula is C23H22N2O4S. The van der Waals surface area contributed by atoms with Crippen molar-refractivity contribution in [3.63, 3.8) is 0 Å². The molecule has 0 saturated carbocycles. The molecule has 0 aromatic heterocycles. The summed E-state index contributed by atoms with van der Waals surface area (Å²) < 4.78 is 25.1. The highest BCUT2D eigenvalue weighted by molar-refractivity contribution is 7.90. The van der Waals surface area contributed by atoms with Gasteiger partial charge >= 0.3 is 0 Å². The molecular weight excluding hydrogens is 400 g/mol. The van der Waals surface area contributed by atoms with Crippen LogP contribution in [-0.2, 0) is 15.6 Å². The van der Waals surface area contributed by atoms with Gasteiger partial charge in [0, 0.05) is 23.4 Å². The summed E-state index contributed by atoms with van der Waals surface area (Å²) in [6.45, 7) is 2.37. The molecule has 0 bridgehead atoms. The van der Waals surface area contributed by atoms with Crippen LogP contribution in [0, 0.1) is 0 Å². The van der Waals surface area contributed by atoms with Crippen LogP contribution in [0.2, 0.25) is 0 Å². The molecule has 3 rings (SSSR count). The van der Waals surface area contributed by atoms with Crippen molar-refractivity contribution in [1.82, 2.24) is 5.32 Å². The van der Waals surface area contributed by atoms with Crippen LogP contribution < -0.4 is 10.6 Å². The molecule has 0 unspecified atom stereocenters. The molecule has 0 heterocycles. The van der Waals surface area contributed by atoms with E-state index in [1.165, 1.54) is 0 Å². The van der Waals surface area contributed by atoms with Crippen molar-refractivity contribution in [2.24, 2.45) is 0 Å². The average Bonchev–Trinajstić information content (AvgIpc) is 2.75. The number of sulfone groups is 1. The van der Waals surface area contributed by atoms with Crippen LogP contribution in [0.3, 0.4) is 0 Å². The van der Waals surface area contributed by atoms with Gasteiger partial charge in [-0.2, -0.15) is 0 Å². The molecule has 7 heteroatoms. The fraction of sp³-hybridized carbons (Fsp3) is 0.130. The molecule has 0 atom stereocenters. The van der Waals surface area contributed by atoms with Crippen molar-refractivity contribution in [1.29, 1.82) is 0 Å². The third-order valence-corrected chi connectivity index (χ3v) is 6.09. The Morgan fingerprint density at radius 3 is 2.17 bits per heavy atom. The van der Waals surface area contributed by atoms with Crippen LogP contribution in [0.15, 0.2) is 83.8 Å². The summed E-state index contributed by atoms with van der Waals surface area (Å²) in [6, 6.07) is 21.3. The Morgan fingerprint density at radius 2 is 1.50 bits per heavy atom. The number of hydrogen-bond donors (Lipinski definition) is 2. The minimum Gasteiger partial charge on any atom is -0.352 e. The maximum absolute atomic E-state index is 12.6. The van der Waals surface area contributed by atoms with Gasteiger partial charge in [-0.1, -0.05) is 30.3 Å². The highest BCUT2D eigenvalue weighted by Gasteiger charge is 2.16. The van der Waals surface area contributed by atoms with Gasteiger partial charge in [0.25, 0.3) is 11.8 Å². The minimum atomic E-state index is -3.50. The number of benzene rings is 3. The largest absolute Gasteiger partial charge is 0.352 e. The first kappa shape index (κ1) is 21.3. The molecule has 0 saturated heterocycles. The second-order valence-corrected chi connectivity index (χ2v) is 8.65. The summed E-state index contributed by atoms with van der Waals surface area (Å²) in [5.74, 6) is -0.734. The second-order valence-electron chi connectivity index (χ2n) is 6.66. The lowest BCUT2D eigenvalue weighted by atomic mass is 10.1. The van der Waals surface area contributed by atoms with E-state index in [0.29, 0.717) is 28.9 Å². The molecule has 0 fully saturated rings. The number of carbonyl (C=O) groups is 2. The van der Waals surface area contributed by atoms with Crippen LogP contribution in [0.5, 0.6) is 0 Å². The number of carbonyl (C=O) groups excluding carboxylic acids is 2. The maximum Gasteiger partial charge on any atom is 0.255 e. The first-order valence-electron chi connectivity index (χ1n) is 9.45. The van der Waals surface area contributed by atoms with Crippen molar-refractivity contribution < 1.29 is 18.0 Å². The van der Waals surface area contributed by atoms with Crippen LogP contribution in [0.25, 0.3) is 0 Å². The Kier molecular flexibility index (Phi) is 6.64. The summed E-state index contributed by atoms with van der Waals surface area (Å²) in [4.78, 5) is 24.6. The second kappa shape index (κ2) is 9.37. The van der Waals surface area contributed by atoms with Gasteiger partial charge in [0.05, 0.1) is 10.6 Å². The number of rotatable bonds is 7. The summed E-state index contributed by atoms with van der Waals surface area (Å²) in [6.07, 6.45) is 0. The highest BCUT2D eigenvalue weighted by Crippen LogP contribution is 2.18. The molecule has 6 nitrogen and oxygen atoms in total. The van der Waals surface area contributed by atoms with Crippen LogP contribution in [0.1, 0.15) is 33.2 Å². The summed E-state index contributed by atoms with van der Waals surface area (Å²) >= 11 is 0. The predicted octanol–water partition coefficient (Wildman–Crippen LogP) is 3.66. The van der Waals surface area contributed by atoms with E-state index in [9.17, 15) is 18.0 Å². The van der Waals surface area contributed by atoms with E-state index >= 15 is 0 Å². The van der Waals surface area contributed by atoms with Gasteiger partial charge in [0.15, 0.2) is 9.84 Å². The van der Waals surface area contributed by atoms with E-state index in [4.69, 9.17) is 0 Å². The summed E-state index contributed by atoms with van der Waals surface area (Å²) in [5, 5.41) is 5.47. The van der Waals surface area contributed by atoms with E-state index in [1.54, 1.807) is 78.9 Å². The zero-order chi connectivity index (χ0) is 21.6. The lowest BCUT2D eigenvalue weighted by Gasteiger charge is -2.09. The van der Waals surface area contributed by atoms with Crippen molar-refractivity contribution >= 4 is 27.3 Å². The van der Waals surface area contributed by atoms with Crippen LogP contribution in [0.4, 0.5) is 5.69 Å². The van der Waals surface area contributed by atoms with Gasteiger partial charge in [-0.25, -0.2) is 8.42 Å². The van der Waals surface area contributed by atoms with E-state index in [-0.39, 0.29) is 22.5 Å². The predicted molar refractivity (Wildman–Crippen MR) is 116 cm³/mol. The topological polar surface area (TPSA) is 92.3 Å². The van der Waals surface area contributed by atoms with Gasteiger partial charge in [0.2, 0.25) is 0 Å². The van der Waals surface area contributed by atoms with Crippen molar-refractivity contribution in [2.45, 2.75) is 17.6 Å². The third kappa shape index (κ3) is 5.33. The lowest BCUT2D eigenvalue weighted by molar-refractivity contribution is 0.0955. The van der Waals surface area contributed by atoms with E-state index in [2.05, 4.69) is 10.6 Å². The molecule has 30 heavy (non-hydrogen) atoms. The zero-order valence-corrected chi connectivity index (χ0v) is 17.3. The molecule has 0 radical (unpaired) electrons. The van der Waals surface area contributed by atoms with E-state index in [0.717, 1.165) is 0 Å². The molecule has 0 aliphatic heterocycles. The van der Waals surface area contributed by atoms with Gasteiger partial charge in [-0.05, 0) is 61.0 Å². The van der Waals surface area contributed by atoms with Crippen molar-refractivity contribution in [3.05, 3.63) is 95.6 Å². The molecule has 2 amide bonds. The molecule has 0 aliphatic carbocycles. The lowest BCUT2D eigenvalue weighted by Crippen LogP contribution is -2.22. The fourth-order valence-corrected chi connectivity index (χ4v) is 4.26. The molecule has 0 aliphatic rings. The quantitative estimate of drug-likeness (QED) is 0.608. The van der Waals surface area contributed by atoms with E-state index < -0.39 is 9.84 Å². The number of anilines is 1. The normalized spacial score (nSPS) is 11.0. The molecule has 2 N–H and O–H groups in total. The number of amides is 2. The average molecular weight is 423 g/mol. The van der Waals surface area contributed by atoms with Crippen molar-refractivity contribution in [3.8, 4) is 0 Å². The Morgan fingerprint density at radius 1 is 0.800 bits per heavy atom. The minimum absolute atomic E-state index is 0.178. The number of hydrogen-bond acceptors (Lipinski definition) is 4. The molecule has 154 valence electrons. The van der Waals surface area contributed by atoms with Gasteiger partial charge in [0.1, 0.15) is 0 Å². The zero-order valence-electron chi connectivity index (χ0n) is 16.5. The number of nitrogens with one attached hydrogen (secondary N) is 2.